The summed E-state index contributed by atoms with van der Waals surface area (Å²) in [7, 11) is 0. The number of nitrogens with one attached hydrogen (secondary N) is 1. The molecular weight excluding hydrogens is 276 g/mol. The van der Waals surface area contributed by atoms with Crippen LogP contribution in [0.1, 0.15) is 27.4 Å². The minimum absolute atomic E-state index is 0.0257. The fraction of sp³-hybridized carbons (Fsp3) is 0.214. The van der Waals surface area contributed by atoms with Gasteiger partial charge in [0.25, 0.3) is 0 Å². The molecule has 0 saturated heterocycles. The van der Waals surface area contributed by atoms with Gasteiger partial charge in [0, 0.05) is 5.56 Å². The zero-order chi connectivity index (χ0) is 15.6. The molecule has 0 aliphatic heterocycles. The van der Waals surface area contributed by atoms with Gasteiger partial charge < -0.3 is 20.1 Å². The van der Waals surface area contributed by atoms with Crippen molar-refractivity contribution in [3.05, 3.63) is 40.8 Å². The van der Waals surface area contributed by atoms with Crippen LogP contribution in [0.4, 0.5) is 5.69 Å². The van der Waals surface area contributed by atoms with E-state index in [-0.39, 0.29) is 17.7 Å². The van der Waals surface area contributed by atoms with Crippen LogP contribution in [0.5, 0.6) is 5.75 Å². The van der Waals surface area contributed by atoms with Crippen molar-refractivity contribution >= 4 is 17.6 Å². The van der Waals surface area contributed by atoms with E-state index in [2.05, 4.69) is 10.5 Å². The molecule has 3 N–H and O–H groups in total. The van der Waals surface area contributed by atoms with Gasteiger partial charge in [0.1, 0.15) is 11.3 Å². The van der Waals surface area contributed by atoms with Crippen LogP contribution in [-0.2, 0) is 11.2 Å². The van der Waals surface area contributed by atoms with E-state index in [9.17, 15) is 14.7 Å². The maximum Gasteiger partial charge on any atom is 0.339 e. The van der Waals surface area contributed by atoms with Crippen LogP contribution < -0.4 is 5.32 Å². The standard InChI is InChI=1S/C14H14N2O5/c1-7-10(8(2)21-16-7)6-12(17)15-11-5-3-4-9(13(11)18)14(19)20/h3-5,18H,6H2,1-2H3,(H,15,17)(H,19,20). The number of nitrogens with zero attached hydrogens (tertiary/aromatic N) is 1. The van der Waals surface area contributed by atoms with Crippen LogP contribution in [0.25, 0.3) is 0 Å². The van der Waals surface area contributed by atoms with Crippen molar-refractivity contribution < 1.29 is 24.3 Å². The van der Waals surface area contributed by atoms with Crippen molar-refractivity contribution in [1.82, 2.24) is 5.16 Å². The number of aromatic hydroxyl groups is 1. The molecule has 0 spiro atoms. The minimum Gasteiger partial charge on any atom is -0.505 e. The number of carbonyl (C=O) groups excluding carboxylic acids is 1. The maximum atomic E-state index is 12.0. The molecule has 21 heavy (non-hydrogen) atoms. The average molecular weight is 290 g/mol. The molecule has 7 heteroatoms. The number of hydrogen-bond donors (Lipinski definition) is 3. The van der Waals surface area contributed by atoms with E-state index in [0.717, 1.165) is 0 Å². The number of aromatic carboxylic acids is 1. The summed E-state index contributed by atoms with van der Waals surface area (Å²) >= 11 is 0. The number of amides is 1. The van der Waals surface area contributed by atoms with Gasteiger partial charge in [0.2, 0.25) is 5.91 Å². The summed E-state index contributed by atoms with van der Waals surface area (Å²) < 4.78 is 4.96. The molecule has 7 nitrogen and oxygen atoms in total. The lowest BCUT2D eigenvalue weighted by Crippen LogP contribution is -2.15. The second-order valence-corrected chi connectivity index (χ2v) is 4.53. The topological polar surface area (TPSA) is 113 Å². The molecule has 1 aromatic carbocycles. The Kier molecular flexibility index (Phi) is 3.93. The molecule has 1 amide bonds. The quantitative estimate of drug-likeness (QED) is 0.741. The number of para-hydroxylation sites is 1. The number of carboxylic acid groups (broad SMARTS) is 1. The summed E-state index contributed by atoms with van der Waals surface area (Å²) in [6.45, 7) is 3.42. The number of rotatable bonds is 4. The first kappa shape index (κ1) is 14.6. The minimum atomic E-state index is -1.27. The average Bonchev–Trinajstić information content (AvgIpc) is 2.72. The summed E-state index contributed by atoms with van der Waals surface area (Å²) in [4.78, 5) is 22.9. The molecule has 0 aliphatic carbocycles. The molecule has 0 radical (unpaired) electrons. The van der Waals surface area contributed by atoms with E-state index in [4.69, 9.17) is 9.63 Å². The summed E-state index contributed by atoms with van der Waals surface area (Å²) in [5.74, 6) is -1.60. The smallest absolute Gasteiger partial charge is 0.339 e. The fourth-order valence-electron chi connectivity index (χ4n) is 1.93. The van der Waals surface area contributed by atoms with E-state index in [0.29, 0.717) is 17.0 Å². The van der Waals surface area contributed by atoms with Gasteiger partial charge in [-0.2, -0.15) is 0 Å². The van der Waals surface area contributed by atoms with Gasteiger partial charge in [0.05, 0.1) is 17.8 Å². The van der Waals surface area contributed by atoms with Crippen LogP contribution in [0.2, 0.25) is 0 Å². The number of carboxylic acids is 1. The highest BCUT2D eigenvalue weighted by molar-refractivity contribution is 5.98. The molecule has 0 unspecified atom stereocenters. The fourth-order valence-corrected chi connectivity index (χ4v) is 1.93. The van der Waals surface area contributed by atoms with E-state index in [1.807, 2.05) is 0 Å². The zero-order valence-corrected chi connectivity index (χ0v) is 11.5. The molecule has 0 saturated carbocycles. The normalized spacial score (nSPS) is 10.4. The first-order valence-electron chi connectivity index (χ1n) is 6.17. The monoisotopic (exact) mass is 290 g/mol. The summed E-state index contributed by atoms with van der Waals surface area (Å²) in [6.07, 6.45) is 0.0257. The SMILES string of the molecule is Cc1noc(C)c1CC(=O)Nc1cccc(C(=O)O)c1O. The van der Waals surface area contributed by atoms with E-state index in [1.54, 1.807) is 13.8 Å². The third kappa shape index (κ3) is 3.02. The Balaban J connectivity index is 2.17. The molecule has 0 bridgehead atoms. The molecule has 0 aliphatic rings. The predicted molar refractivity (Wildman–Crippen MR) is 73.4 cm³/mol. The van der Waals surface area contributed by atoms with Crippen molar-refractivity contribution in [2.75, 3.05) is 5.32 Å². The Bertz CT molecular complexity index is 686. The van der Waals surface area contributed by atoms with Crippen LogP contribution in [0, 0.1) is 13.8 Å². The second kappa shape index (κ2) is 5.66. The number of anilines is 1. The highest BCUT2D eigenvalue weighted by atomic mass is 16.5. The first-order chi connectivity index (χ1) is 9.90. The maximum absolute atomic E-state index is 12.0. The number of benzene rings is 1. The molecule has 2 aromatic rings. The number of phenols is 1. The third-order valence-corrected chi connectivity index (χ3v) is 3.06. The first-order valence-corrected chi connectivity index (χ1v) is 6.17. The second-order valence-electron chi connectivity index (χ2n) is 4.53. The van der Waals surface area contributed by atoms with Gasteiger partial charge in [-0.3, -0.25) is 4.79 Å². The molecular formula is C14H14N2O5. The van der Waals surface area contributed by atoms with E-state index >= 15 is 0 Å². The Labute approximate surface area is 120 Å². The molecule has 0 fully saturated rings. The lowest BCUT2D eigenvalue weighted by molar-refractivity contribution is -0.115. The molecule has 0 atom stereocenters. The van der Waals surface area contributed by atoms with E-state index in [1.165, 1.54) is 18.2 Å². The van der Waals surface area contributed by atoms with Crippen molar-refractivity contribution in [3.8, 4) is 5.75 Å². The Morgan fingerprint density at radius 1 is 1.33 bits per heavy atom. The van der Waals surface area contributed by atoms with Crippen LogP contribution in [0.15, 0.2) is 22.7 Å². The van der Waals surface area contributed by atoms with Gasteiger partial charge in [0.15, 0.2) is 5.75 Å². The van der Waals surface area contributed by atoms with Crippen molar-refractivity contribution in [3.63, 3.8) is 0 Å². The van der Waals surface area contributed by atoms with Crippen LogP contribution in [-0.4, -0.2) is 27.2 Å². The van der Waals surface area contributed by atoms with Crippen molar-refractivity contribution in [2.24, 2.45) is 0 Å². The van der Waals surface area contributed by atoms with Gasteiger partial charge in [-0.15, -0.1) is 0 Å². The summed E-state index contributed by atoms with van der Waals surface area (Å²) in [6, 6.07) is 4.11. The summed E-state index contributed by atoms with van der Waals surface area (Å²) in [5.41, 5.74) is 1.06. The Morgan fingerprint density at radius 2 is 2.05 bits per heavy atom. The van der Waals surface area contributed by atoms with Crippen LogP contribution in [0.3, 0.4) is 0 Å². The molecule has 1 heterocycles. The third-order valence-electron chi connectivity index (χ3n) is 3.06. The van der Waals surface area contributed by atoms with Gasteiger partial charge in [-0.25, -0.2) is 4.79 Å². The summed E-state index contributed by atoms with van der Waals surface area (Å²) in [5, 5.41) is 25.0. The lowest BCUT2D eigenvalue weighted by Gasteiger charge is -2.09. The Morgan fingerprint density at radius 3 is 2.62 bits per heavy atom. The number of aromatic nitrogens is 1. The zero-order valence-electron chi connectivity index (χ0n) is 11.5. The number of carbonyl (C=O) groups is 2. The van der Waals surface area contributed by atoms with Gasteiger partial charge in [-0.05, 0) is 26.0 Å². The number of hydrogen-bond acceptors (Lipinski definition) is 5. The molecule has 1 aromatic heterocycles. The Hall–Kier alpha value is -2.83. The van der Waals surface area contributed by atoms with Crippen LogP contribution >= 0.6 is 0 Å². The largest absolute Gasteiger partial charge is 0.505 e. The highest BCUT2D eigenvalue weighted by Crippen LogP contribution is 2.27. The highest BCUT2D eigenvalue weighted by Gasteiger charge is 2.17. The molecule has 110 valence electrons. The van der Waals surface area contributed by atoms with Gasteiger partial charge in [-0.1, -0.05) is 11.2 Å². The van der Waals surface area contributed by atoms with Crippen molar-refractivity contribution in [1.29, 1.82) is 0 Å². The predicted octanol–water partition coefficient (Wildman–Crippen LogP) is 1.88. The van der Waals surface area contributed by atoms with Crippen molar-refractivity contribution in [2.45, 2.75) is 20.3 Å². The van der Waals surface area contributed by atoms with Gasteiger partial charge >= 0.3 is 5.97 Å². The molecule has 2 rings (SSSR count). The number of aryl methyl sites for hydroxylation is 2. The van der Waals surface area contributed by atoms with E-state index < -0.39 is 17.6 Å². The lowest BCUT2D eigenvalue weighted by atomic mass is 10.1.